The molecule has 1 amide bonds. The van der Waals surface area contributed by atoms with Crippen molar-refractivity contribution in [3.63, 3.8) is 0 Å². The van der Waals surface area contributed by atoms with E-state index in [1.165, 1.54) is 0 Å². The molecule has 17 unspecified atom stereocenters. The lowest BCUT2D eigenvalue weighted by molar-refractivity contribution is -0.379. The van der Waals surface area contributed by atoms with Crippen LogP contribution in [0.1, 0.15) is 117 Å². The van der Waals surface area contributed by atoms with E-state index in [1.807, 2.05) is 0 Å². The Balaban J connectivity index is 1.59. The summed E-state index contributed by atoms with van der Waals surface area (Å²) in [6, 6.07) is -1.00. The number of carbonyl (C=O) groups excluding carboxylic acids is 1. The van der Waals surface area contributed by atoms with Gasteiger partial charge in [0.15, 0.2) is 18.9 Å². The van der Waals surface area contributed by atoms with Crippen LogP contribution >= 0.6 is 0 Å². The molecule has 3 saturated heterocycles. The first-order chi connectivity index (χ1) is 33.3. The molecule has 0 spiro atoms. The van der Waals surface area contributed by atoms with Gasteiger partial charge < -0.3 is 89.9 Å². The SMILES string of the molecule is CCC/C=C\C/C=C\CCCCCCCC(=O)NC(COC1OC(CO)C(OC2OC(CO)C(OC3OC(CO)C(O)C(O)C3O)C(O)C2O)C(O)C1O)C(O)/C=C/CC/C=C/CC/C=C/CCC. The van der Waals surface area contributed by atoms with Gasteiger partial charge in [0, 0.05) is 6.42 Å². The molecule has 3 heterocycles. The Bertz CT molecular complexity index is 1510. The molecule has 0 radical (unpaired) electrons. The van der Waals surface area contributed by atoms with Gasteiger partial charge in [-0.05, 0) is 64.2 Å². The van der Waals surface area contributed by atoms with Crippen LogP contribution in [0.5, 0.6) is 0 Å². The summed E-state index contributed by atoms with van der Waals surface area (Å²) in [5.74, 6) is -0.312. The van der Waals surface area contributed by atoms with Crippen molar-refractivity contribution >= 4 is 5.91 Å². The maximum Gasteiger partial charge on any atom is 0.220 e. The van der Waals surface area contributed by atoms with Crippen molar-refractivity contribution < 1.29 is 89.4 Å². The van der Waals surface area contributed by atoms with E-state index in [4.69, 9.17) is 28.4 Å². The summed E-state index contributed by atoms with van der Waals surface area (Å²) in [6.45, 7) is 1.47. The largest absolute Gasteiger partial charge is 0.394 e. The van der Waals surface area contributed by atoms with Crippen molar-refractivity contribution in [2.24, 2.45) is 0 Å². The summed E-state index contributed by atoms with van der Waals surface area (Å²) in [7, 11) is 0. The summed E-state index contributed by atoms with van der Waals surface area (Å²) in [6.07, 6.45) is 8.13. The fourth-order valence-corrected chi connectivity index (χ4v) is 8.03. The highest BCUT2D eigenvalue weighted by Crippen LogP contribution is 2.33. The molecule has 0 aromatic heterocycles. The van der Waals surface area contributed by atoms with Gasteiger partial charge in [-0.2, -0.15) is 0 Å². The molecular weight excluding hydrogens is 903 g/mol. The molecule has 69 heavy (non-hydrogen) atoms. The van der Waals surface area contributed by atoms with Crippen LogP contribution in [0.3, 0.4) is 0 Å². The predicted molar refractivity (Wildman–Crippen MR) is 254 cm³/mol. The normalized spacial score (nSPS) is 33.4. The van der Waals surface area contributed by atoms with Gasteiger partial charge in [-0.25, -0.2) is 0 Å². The average Bonchev–Trinajstić information content (AvgIpc) is 3.34. The van der Waals surface area contributed by atoms with Crippen molar-refractivity contribution in [3.05, 3.63) is 60.8 Å². The van der Waals surface area contributed by atoms with E-state index in [-0.39, 0.29) is 18.9 Å². The van der Waals surface area contributed by atoms with E-state index in [9.17, 15) is 61.0 Å². The Kier molecular flexibility index (Phi) is 30.6. The van der Waals surface area contributed by atoms with Gasteiger partial charge in [0.2, 0.25) is 5.91 Å². The number of aliphatic hydroxyl groups is 11. The Labute approximate surface area is 407 Å². The number of hydrogen-bond donors (Lipinski definition) is 12. The average molecular weight is 988 g/mol. The third kappa shape index (κ3) is 20.9. The molecule has 3 rings (SSSR count). The van der Waals surface area contributed by atoms with Crippen LogP contribution in [0.2, 0.25) is 0 Å². The smallest absolute Gasteiger partial charge is 0.220 e. The van der Waals surface area contributed by atoms with E-state index in [0.29, 0.717) is 12.8 Å². The van der Waals surface area contributed by atoms with E-state index < -0.39 is 124 Å². The number of allylic oxidation sites excluding steroid dienone is 9. The molecule has 0 bridgehead atoms. The standard InChI is InChI=1S/C50H85NO18/c1-3-5-7-9-11-13-15-16-18-20-22-24-26-28-38(56)51-33(34(55)27-25-23-21-19-17-14-12-10-8-6-4-2)32-64-48-44(62)41(59)46(36(30-53)66-48)69-50-45(63)42(60)47(37(31-54)67-50)68-49-43(61)40(58)39(57)35(29-52)65-49/h7-10,13,15,17,19,25,27,33-37,39-50,52-55,57-63H,3-6,11-12,14,16,18,20-24,26,28-32H2,1-2H3,(H,51,56)/b9-7-,10-8+,15-13-,19-17+,27-25+. The van der Waals surface area contributed by atoms with Gasteiger partial charge in [-0.3, -0.25) is 4.79 Å². The van der Waals surface area contributed by atoms with Gasteiger partial charge in [0.1, 0.15) is 73.2 Å². The van der Waals surface area contributed by atoms with Crippen LogP contribution in [0.25, 0.3) is 0 Å². The lowest BCUT2D eigenvalue weighted by atomic mass is 9.96. The minimum absolute atomic E-state index is 0.212. The Morgan fingerprint density at radius 3 is 1.54 bits per heavy atom. The summed E-state index contributed by atoms with van der Waals surface area (Å²) < 4.78 is 34.0. The Morgan fingerprint density at radius 1 is 0.522 bits per heavy atom. The number of amides is 1. The zero-order valence-electron chi connectivity index (χ0n) is 40.5. The van der Waals surface area contributed by atoms with Crippen molar-refractivity contribution in [1.29, 1.82) is 0 Å². The highest BCUT2D eigenvalue weighted by Gasteiger charge is 2.53. The third-order valence-corrected chi connectivity index (χ3v) is 12.2. The van der Waals surface area contributed by atoms with E-state index in [1.54, 1.807) is 12.2 Å². The van der Waals surface area contributed by atoms with Gasteiger partial charge in [-0.1, -0.05) is 107 Å². The van der Waals surface area contributed by atoms with Crippen molar-refractivity contribution in [3.8, 4) is 0 Å². The molecule has 398 valence electrons. The molecule has 0 aliphatic carbocycles. The number of carbonyl (C=O) groups is 1. The van der Waals surface area contributed by atoms with Crippen LogP contribution in [0.4, 0.5) is 0 Å². The highest BCUT2D eigenvalue weighted by molar-refractivity contribution is 5.76. The van der Waals surface area contributed by atoms with E-state index in [2.05, 4.69) is 67.8 Å². The maximum absolute atomic E-state index is 13.2. The second-order valence-electron chi connectivity index (χ2n) is 17.9. The highest BCUT2D eigenvalue weighted by atomic mass is 16.8. The predicted octanol–water partition coefficient (Wildman–Crippen LogP) is 1.36. The summed E-state index contributed by atoms with van der Waals surface area (Å²) in [4.78, 5) is 13.2. The quantitative estimate of drug-likeness (QED) is 0.0326. The van der Waals surface area contributed by atoms with Crippen LogP contribution in [0, 0.1) is 0 Å². The van der Waals surface area contributed by atoms with Gasteiger partial charge >= 0.3 is 0 Å². The molecule has 12 N–H and O–H groups in total. The fraction of sp³-hybridized carbons (Fsp3) is 0.780. The van der Waals surface area contributed by atoms with Crippen LogP contribution in [-0.4, -0.2) is 193 Å². The first-order valence-electron chi connectivity index (χ1n) is 25.0. The van der Waals surface area contributed by atoms with Gasteiger partial charge in [-0.15, -0.1) is 0 Å². The molecule has 3 fully saturated rings. The number of hydrogen-bond acceptors (Lipinski definition) is 18. The van der Waals surface area contributed by atoms with Gasteiger partial charge in [0.25, 0.3) is 0 Å². The molecule has 19 nitrogen and oxygen atoms in total. The Hall–Kier alpha value is -2.51. The van der Waals surface area contributed by atoms with Crippen molar-refractivity contribution in [2.45, 2.75) is 221 Å². The van der Waals surface area contributed by atoms with Crippen LogP contribution in [0.15, 0.2) is 60.8 Å². The topological polar surface area (TPSA) is 307 Å². The van der Waals surface area contributed by atoms with Crippen LogP contribution < -0.4 is 5.32 Å². The van der Waals surface area contributed by atoms with E-state index >= 15 is 0 Å². The second-order valence-corrected chi connectivity index (χ2v) is 17.9. The second kappa shape index (κ2) is 34.8. The molecule has 0 aromatic carbocycles. The molecule has 3 aliphatic rings. The lowest BCUT2D eigenvalue weighted by Gasteiger charge is -2.48. The number of unbranched alkanes of at least 4 members (excludes halogenated alkanes) is 9. The molecule has 0 saturated carbocycles. The zero-order valence-corrected chi connectivity index (χ0v) is 40.5. The zero-order chi connectivity index (χ0) is 50.6. The number of rotatable bonds is 33. The summed E-state index contributed by atoms with van der Waals surface area (Å²) >= 11 is 0. The minimum Gasteiger partial charge on any atom is -0.394 e. The molecule has 3 aliphatic heterocycles. The number of ether oxygens (including phenoxy) is 6. The molecule has 17 atom stereocenters. The van der Waals surface area contributed by atoms with E-state index in [0.717, 1.165) is 83.5 Å². The van der Waals surface area contributed by atoms with Crippen molar-refractivity contribution in [2.75, 3.05) is 26.4 Å². The van der Waals surface area contributed by atoms with Crippen molar-refractivity contribution in [1.82, 2.24) is 5.32 Å². The Morgan fingerprint density at radius 2 is 0.971 bits per heavy atom. The van der Waals surface area contributed by atoms with Crippen LogP contribution in [-0.2, 0) is 33.2 Å². The minimum atomic E-state index is -1.98. The van der Waals surface area contributed by atoms with Gasteiger partial charge in [0.05, 0.1) is 38.6 Å². The third-order valence-electron chi connectivity index (χ3n) is 12.2. The monoisotopic (exact) mass is 988 g/mol. The maximum atomic E-state index is 13.2. The first kappa shape index (κ1) is 60.8. The lowest BCUT2D eigenvalue weighted by Crippen LogP contribution is -2.66. The molecule has 19 heteroatoms. The first-order valence-corrected chi connectivity index (χ1v) is 25.0. The molecular formula is C50H85NO18. The molecule has 0 aromatic rings. The number of nitrogens with one attached hydrogen (secondary N) is 1. The summed E-state index contributed by atoms with van der Waals surface area (Å²) in [5.41, 5.74) is 0. The fourth-order valence-electron chi connectivity index (χ4n) is 8.03. The summed E-state index contributed by atoms with van der Waals surface area (Å²) in [5, 5.41) is 119. The number of aliphatic hydroxyl groups excluding tert-OH is 11.